The molecule has 0 spiro atoms. The van der Waals surface area contributed by atoms with Crippen molar-refractivity contribution in [2.24, 2.45) is 5.92 Å². The standard InChI is InChI=1S/C23H29N3O4S2/c1-17-7-8-21(18(2)15-17)32(29,30)26-12-10-24(11-13-26)22(27)19-5-3-9-25(16-19)23(28)20-6-4-14-31-20/h4,6-8,14-15,19H,3,5,9-13,16H2,1-2H3/t19-/m1/s1. The number of aryl methyl sites for hydroxylation is 2. The summed E-state index contributed by atoms with van der Waals surface area (Å²) in [6, 6.07) is 9.02. The van der Waals surface area contributed by atoms with E-state index in [4.69, 9.17) is 0 Å². The lowest BCUT2D eigenvalue weighted by molar-refractivity contribution is -0.138. The summed E-state index contributed by atoms with van der Waals surface area (Å²) in [5.74, 6) is -0.214. The van der Waals surface area contributed by atoms with Crippen LogP contribution in [0.5, 0.6) is 0 Å². The van der Waals surface area contributed by atoms with Gasteiger partial charge in [0.05, 0.1) is 15.7 Å². The van der Waals surface area contributed by atoms with E-state index in [0.29, 0.717) is 36.0 Å². The summed E-state index contributed by atoms with van der Waals surface area (Å²) in [6.07, 6.45) is 1.56. The van der Waals surface area contributed by atoms with Crippen molar-refractivity contribution >= 4 is 33.2 Å². The second-order valence-corrected chi connectivity index (χ2v) is 11.4. The van der Waals surface area contributed by atoms with Crippen LogP contribution in [-0.4, -0.2) is 73.6 Å². The van der Waals surface area contributed by atoms with E-state index < -0.39 is 10.0 Å². The fourth-order valence-electron chi connectivity index (χ4n) is 4.55. The van der Waals surface area contributed by atoms with Crippen LogP contribution >= 0.6 is 11.3 Å². The predicted octanol–water partition coefficient (Wildman–Crippen LogP) is 2.75. The predicted molar refractivity (Wildman–Crippen MR) is 124 cm³/mol. The molecule has 1 aromatic carbocycles. The molecule has 2 amide bonds. The van der Waals surface area contributed by atoms with Gasteiger partial charge in [0.15, 0.2) is 0 Å². The first-order valence-electron chi connectivity index (χ1n) is 11.0. The Kier molecular flexibility index (Phi) is 6.69. The largest absolute Gasteiger partial charge is 0.340 e. The van der Waals surface area contributed by atoms with Crippen molar-refractivity contribution in [2.75, 3.05) is 39.3 Å². The van der Waals surface area contributed by atoms with Gasteiger partial charge in [-0.15, -0.1) is 11.3 Å². The summed E-state index contributed by atoms with van der Waals surface area (Å²) in [5, 5.41) is 1.88. The highest BCUT2D eigenvalue weighted by Gasteiger charge is 2.35. The van der Waals surface area contributed by atoms with Gasteiger partial charge in [0.25, 0.3) is 5.91 Å². The number of benzene rings is 1. The van der Waals surface area contributed by atoms with Crippen molar-refractivity contribution in [3.05, 3.63) is 51.7 Å². The van der Waals surface area contributed by atoms with Crippen molar-refractivity contribution in [1.29, 1.82) is 0 Å². The molecule has 32 heavy (non-hydrogen) atoms. The molecule has 1 atom stereocenters. The van der Waals surface area contributed by atoms with E-state index in [1.54, 1.807) is 15.9 Å². The van der Waals surface area contributed by atoms with Crippen LogP contribution in [0, 0.1) is 19.8 Å². The second-order valence-electron chi connectivity index (χ2n) is 8.57. The van der Waals surface area contributed by atoms with Crippen LogP contribution in [0.15, 0.2) is 40.6 Å². The van der Waals surface area contributed by atoms with Gasteiger partial charge in [-0.05, 0) is 49.8 Å². The van der Waals surface area contributed by atoms with Gasteiger partial charge < -0.3 is 9.80 Å². The first-order chi connectivity index (χ1) is 15.3. The zero-order chi connectivity index (χ0) is 22.9. The molecule has 2 saturated heterocycles. The van der Waals surface area contributed by atoms with Gasteiger partial charge in [0.1, 0.15) is 0 Å². The Morgan fingerprint density at radius 1 is 1.00 bits per heavy atom. The highest BCUT2D eigenvalue weighted by Crippen LogP contribution is 2.25. The highest BCUT2D eigenvalue weighted by molar-refractivity contribution is 7.89. The van der Waals surface area contributed by atoms with E-state index >= 15 is 0 Å². The van der Waals surface area contributed by atoms with Gasteiger partial charge in [-0.25, -0.2) is 8.42 Å². The molecular weight excluding hydrogens is 446 g/mol. The maximum absolute atomic E-state index is 13.1. The molecular formula is C23H29N3O4S2. The van der Waals surface area contributed by atoms with Crippen molar-refractivity contribution in [3.8, 4) is 0 Å². The molecule has 2 aliphatic heterocycles. The number of nitrogens with zero attached hydrogens (tertiary/aromatic N) is 3. The van der Waals surface area contributed by atoms with Crippen LogP contribution in [0.2, 0.25) is 0 Å². The topological polar surface area (TPSA) is 78.0 Å². The number of piperazine rings is 1. The number of thiophene rings is 1. The zero-order valence-electron chi connectivity index (χ0n) is 18.5. The summed E-state index contributed by atoms with van der Waals surface area (Å²) < 4.78 is 27.7. The Morgan fingerprint density at radius 2 is 1.75 bits per heavy atom. The lowest BCUT2D eigenvalue weighted by Gasteiger charge is -2.38. The van der Waals surface area contributed by atoms with E-state index in [9.17, 15) is 18.0 Å². The summed E-state index contributed by atoms with van der Waals surface area (Å²) >= 11 is 1.42. The first-order valence-corrected chi connectivity index (χ1v) is 13.3. The Balaban J connectivity index is 1.37. The first kappa shape index (κ1) is 22.9. The summed E-state index contributed by atoms with van der Waals surface area (Å²) in [7, 11) is -3.58. The molecule has 0 aliphatic carbocycles. The van der Waals surface area contributed by atoms with Gasteiger partial charge in [0.2, 0.25) is 15.9 Å². The fraction of sp³-hybridized carbons (Fsp3) is 0.478. The van der Waals surface area contributed by atoms with Gasteiger partial charge >= 0.3 is 0 Å². The Labute approximate surface area is 193 Å². The number of carbonyl (C=O) groups is 2. The average Bonchev–Trinajstić information content (AvgIpc) is 3.33. The maximum Gasteiger partial charge on any atom is 0.263 e. The molecule has 0 radical (unpaired) electrons. The van der Waals surface area contributed by atoms with Crippen molar-refractivity contribution in [1.82, 2.24) is 14.1 Å². The molecule has 0 saturated carbocycles. The minimum absolute atomic E-state index is 0.0121. The zero-order valence-corrected chi connectivity index (χ0v) is 20.1. The number of hydrogen-bond donors (Lipinski definition) is 0. The van der Waals surface area contributed by atoms with E-state index in [1.165, 1.54) is 15.6 Å². The quantitative estimate of drug-likeness (QED) is 0.681. The average molecular weight is 476 g/mol. The minimum Gasteiger partial charge on any atom is -0.340 e. The van der Waals surface area contributed by atoms with Crippen molar-refractivity contribution in [2.45, 2.75) is 31.6 Å². The molecule has 4 rings (SSSR count). The van der Waals surface area contributed by atoms with Crippen LogP contribution in [0.1, 0.15) is 33.6 Å². The number of piperidine rings is 1. The van der Waals surface area contributed by atoms with Crippen LogP contribution in [0.3, 0.4) is 0 Å². The molecule has 9 heteroatoms. The van der Waals surface area contributed by atoms with Crippen LogP contribution < -0.4 is 0 Å². The highest BCUT2D eigenvalue weighted by atomic mass is 32.2. The van der Waals surface area contributed by atoms with Crippen LogP contribution in [0.25, 0.3) is 0 Å². The summed E-state index contributed by atoms with van der Waals surface area (Å²) in [4.78, 5) is 30.4. The third kappa shape index (κ3) is 4.60. The summed E-state index contributed by atoms with van der Waals surface area (Å²) in [6.45, 7) is 6.16. The Hall–Kier alpha value is -2.23. The van der Waals surface area contributed by atoms with Crippen LogP contribution in [-0.2, 0) is 14.8 Å². The molecule has 1 aromatic heterocycles. The van der Waals surface area contributed by atoms with Gasteiger partial charge in [-0.3, -0.25) is 9.59 Å². The van der Waals surface area contributed by atoms with Crippen LogP contribution in [0.4, 0.5) is 0 Å². The molecule has 0 bridgehead atoms. The van der Waals surface area contributed by atoms with E-state index in [2.05, 4.69) is 0 Å². The van der Waals surface area contributed by atoms with E-state index in [1.807, 2.05) is 43.5 Å². The second kappa shape index (κ2) is 9.33. The Morgan fingerprint density at radius 3 is 2.41 bits per heavy atom. The van der Waals surface area contributed by atoms with Gasteiger partial charge in [-0.2, -0.15) is 4.31 Å². The van der Waals surface area contributed by atoms with Gasteiger partial charge in [0, 0.05) is 39.3 Å². The fourth-order valence-corrected chi connectivity index (χ4v) is 6.87. The molecule has 0 unspecified atom stereocenters. The number of rotatable bonds is 4. The normalized spacial score (nSPS) is 20.4. The molecule has 2 aromatic rings. The lowest BCUT2D eigenvalue weighted by atomic mass is 9.96. The number of amides is 2. The number of hydrogen-bond acceptors (Lipinski definition) is 5. The third-order valence-electron chi connectivity index (χ3n) is 6.29. The number of likely N-dealkylation sites (tertiary alicyclic amines) is 1. The monoisotopic (exact) mass is 475 g/mol. The van der Waals surface area contributed by atoms with Crippen molar-refractivity contribution in [3.63, 3.8) is 0 Å². The third-order valence-corrected chi connectivity index (χ3v) is 9.21. The number of sulfonamides is 1. The minimum atomic E-state index is -3.58. The van der Waals surface area contributed by atoms with E-state index in [0.717, 1.165) is 24.0 Å². The molecule has 7 nitrogen and oxygen atoms in total. The number of carbonyl (C=O) groups excluding carboxylic acids is 2. The molecule has 2 aliphatic rings. The molecule has 0 N–H and O–H groups in total. The molecule has 172 valence electrons. The smallest absolute Gasteiger partial charge is 0.263 e. The Bertz CT molecular complexity index is 1090. The van der Waals surface area contributed by atoms with Crippen molar-refractivity contribution < 1.29 is 18.0 Å². The van der Waals surface area contributed by atoms with Gasteiger partial charge in [-0.1, -0.05) is 23.8 Å². The molecule has 3 heterocycles. The lowest BCUT2D eigenvalue weighted by Crippen LogP contribution is -2.54. The SMILES string of the molecule is Cc1ccc(S(=O)(=O)N2CCN(C(=O)[C@@H]3CCCN(C(=O)c4cccs4)C3)CC2)c(C)c1. The molecule has 2 fully saturated rings. The maximum atomic E-state index is 13.1. The summed E-state index contributed by atoms with van der Waals surface area (Å²) in [5.41, 5.74) is 1.76. The van der Waals surface area contributed by atoms with E-state index in [-0.39, 0.29) is 30.8 Å².